The van der Waals surface area contributed by atoms with E-state index in [-0.39, 0.29) is 0 Å². The number of thiazole rings is 1. The minimum atomic E-state index is 0.852. The highest BCUT2D eigenvalue weighted by Gasteiger charge is 2.00. The summed E-state index contributed by atoms with van der Waals surface area (Å²) in [6.45, 7) is 0.852. The van der Waals surface area contributed by atoms with Crippen LogP contribution in [0.15, 0.2) is 22.4 Å². The molecule has 0 aromatic carbocycles. The summed E-state index contributed by atoms with van der Waals surface area (Å²) < 4.78 is 2.91. The molecule has 2 aromatic heterocycles. The quantitative estimate of drug-likeness (QED) is 0.938. The Balaban J connectivity index is 1.83. The van der Waals surface area contributed by atoms with Gasteiger partial charge in [0, 0.05) is 37.8 Å². The van der Waals surface area contributed by atoms with Crippen molar-refractivity contribution in [3.8, 4) is 0 Å². The highest BCUT2D eigenvalue weighted by atomic mass is 79.9. The molecule has 0 saturated heterocycles. The topological polar surface area (TPSA) is 42.7 Å². The number of imidazole rings is 1. The van der Waals surface area contributed by atoms with Crippen molar-refractivity contribution in [3.05, 3.63) is 28.2 Å². The third-order valence-corrected chi connectivity index (χ3v) is 3.53. The van der Waals surface area contributed by atoms with Crippen LogP contribution in [0.2, 0.25) is 0 Å². The molecule has 2 aromatic rings. The van der Waals surface area contributed by atoms with Crippen molar-refractivity contribution in [1.82, 2.24) is 14.5 Å². The van der Waals surface area contributed by atoms with E-state index in [1.807, 2.05) is 29.4 Å². The Bertz CT molecular complexity index is 437. The maximum absolute atomic E-state index is 4.25. The number of halogens is 1. The Morgan fingerprint density at radius 1 is 1.60 bits per heavy atom. The molecule has 0 aliphatic heterocycles. The Labute approximate surface area is 100 Å². The lowest BCUT2D eigenvalue weighted by Gasteiger charge is -2.02. The average molecular weight is 287 g/mol. The van der Waals surface area contributed by atoms with Crippen LogP contribution >= 0.6 is 27.3 Å². The van der Waals surface area contributed by atoms with Crippen LogP contribution in [0.25, 0.3) is 0 Å². The van der Waals surface area contributed by atoms with Crippen LogP contribution in [0.3, 0.4) is 0 Å². The van der Waals surface area contributed by atoms with Crippen LogP contribution in [0.5, 0.6) is 0 Å². The van der Waals surface area contributed by atoms with Gasteiger partial charge in [0.2, 0.25) is 0 Å². The first-order valence-corrected chi connectivity index (χ1v) is 6.24. The Morgan fingerprint density at radius 2 is 2.47 bits per heavy atom. The molecule has 0 atom stereocenters. The predicted octanol–water partition coefficient (Wildman–Crippen LogP) is 2.29. The SMILES string of the molecule is Cn1ccnc1CCNc1nc(Br)cs1. The van der Waals surface area contributed by atoms with E-state index < -0.39 is 0 Å². The number of hydrogen-bond acceptors (Lipinski definition) is 4. The van der Waals surface area contributed by atoms with Crippen molar-refractivity contribution < 1.29 is 0 Å². The molecule has 0 spiro atoms. The third kappa shape index (κ3) is 2.79. The molecule has 4 nitrogen and oxygen atoms in total. The maximum atomic E-state index is 4.25. The summed E-state index contributed by atoms with van der Waals surface area (Å²) in [6.07, 6.45) is 4.67. The normalized spacial score (nSPS) is 10.5. The average Bonchev–Trinajstić information content (AvgIpc) is 2.77. The number of hydrogen-bond donors (Lipinski definition) is 1. The van der Waals surface area contributed by atoms with Gasteiger partial charge in [0.05, 0.1) is 0 Å². The second-order valence-electron chi connectivity index (χ2n) is 3.11. The molecule has 0 saturated carbocycles. The van der Waals surface area contributed by atoms with Gasteiger partial charge in [-0.05, 0) is 15.9 Å². The van der Waals surface area contributed by atoms with Crippen molar-refractivity contribution in [1.29, 1.82) is 0 Å². The molecule has 0 amide bonds. The van der Waals surface area contributed by atoms with Crippen molar-refractivity contribution >= 4 is 32.4 Å². The minimum Gasteiger partial charge on any atom is -0.361 e. The predicted molar refractivity (Wildman–Crippen MR) is 65.2 cm³/mol. The molecule has 0 fully saturated rings. The fraction of sp³-hybridized carbons (Fsp3) is 0.333. The van der Waals surface area contributed by atoms with Gasteiger partial charge >= 0.3 is 0 Å². The van der Waals surface area contributed by atoms with Crippen molar-refractivity contribution in [2.24, 2.45) is 7.05 Å². The Morgan fingerprint density at radius 3 is 3.07 bits per heavy atom. The van der Waals surface area contributed by atoms with E-state index in [4.69, 9.17) is 0 Å². The lowest BCUT2D eigenvalue weighted by molar-refractivity contribution is 0.789. The van der Waals surface area contributed by atoms with Crippen molar-refractivity contribution in [3.63, 3.8) is 0 Å². The summed E-state index contributed by atoms with van der Waals surface area (Å²) >= 11 is 4.91. The van der Waals surface area contributed by atoms with Gasteiger partial charge in [0.15, 0.2) is 5.13 Å². The van der Waals surface area contributed by atoms with Gasteiger partial charge in [-0.1, -0.05) is 0 Å². The maximum Gasteiger partial charge on any atom is 0.183 e. The molecular weight excluding hydrogens is 276 g/mol. The number of nitrogens with zero attached hydrogens (tertiary/aromatic N) is 3. The highest BCUT2D eigenvalue weighted by Crippen LogP contribution is 2.19. The zero-order valence-electron chi connectivity index (χ0n) is 8.27. The first-order valence-electron chi connectivity index (χ1n) is 4.57. The molecule has 0 aliphatic carbocycles. The number of rotatable bonds is 4. The van der Waals surface area contributed by atoms with Gasteiger partial charge in [0.1, 0.15) is 10.4 Å². The van der Waals surface area contributed by atoms with Crippen LogP contribution in [0.1, 0.15) is 5.82 Å². The van der Waals surface area contributed by atoms with Gasteiger partial charge in [0.25, 0.3) is 0 Å². The fourth-order valence-corrected chi connectivity index (χ4v) is 2.43. The van der Waals surface area contributed by atoms with Gasteiger partial charge in [-0.2, -0.15) is 0 Å². The first kappa shape index (κ1) is 10.6. The smallest absolute Gasteiger partial charge is 0.183 e. The summed E-state index contributed by atoms with van der Waals surface area (Å²) in [6, 6.07) is 0. The number of nitrogens with one attached hydrogen (secondary N) is 1. The van der Waals surface area contributed by atoms with Gasteiger partial charge in [-0.25, -0.2) is 9.97 Å². The van der Waals surface area contributed by atoms with E-state index in [0.717, 1.165) is 28.5 Å². The minimum absolute atomic E-state index is 0.852. The van der Waals surface area contributed by atoms with E-state index in [9.17, 15) is 0 Å². The molecule has 0 bridgehead atoms. The molecule has 0 aliphatic rings. The molecule has 1 N–H and O–H groups in total. The van der Waals surface area contributed by atoms with Gasteiger partial charge < -0.3 is 9.88 Å². The Kier molecular flexibility index (Phi) is 3.37. The highest BCUT2D eigenvalue weighted by molar-refractivity contribution is 9.10. The molecule has 2 rings (SSSR count). The monoisotopic (exact) mass is 286 g/mol. The lowest BCUT2D eigenvalue weighted by Crippen LogP contribution is -2.08. The molecule has 0 radical (unpaired) electrons. The second kappa shape index (κ2) is 4.76. The first-order chi connectivity index (χ1) is 7.25. The molecule has 15 heavy (non-hydrogen) atoms. The Hall–Kier alpha value is -0.880. The summed E-state index contributed by atoms with van der Waals surface area (Å²) in [5.74, 6) is 1.08. The number of anilines is 1. The third-order valence-electron chi connectivity index (χ3n) is 2.02. The van der Waals surface area contributed by atoms with Gasteiger partial charge in [-0.3, -0.25) is 0 Å². The van der Waals surface area contributed by atoms with Crippen LogP contribution < -0.4 is 5.32 Å². The van der Waals surface area contributed by atoms with Crippen LogP contribution in [-0.2, 0) is 13.5 Å². The fourth-order valence-electron chi connectivity index (χ4n) is 1.25. The summed E-state index contributed by atoms with van der Waals surface area (Å²) in [4.78, 5) is 8.50. The largest absolute Gasteiger partial charge is 0.361 e. The van der Waals surface area contributed by atoms with Crippen molar-refractivity contribution in [2.75, 3.05) is 11.9 Å². The standard InChI is InChI=1S/C9H11BrN4S/c1-14-5-4-11-8(14)2-3-12-9-13-7(10)6-15-9/h4-6H,2-3H2,1H3,(H,12,13). The van der Waals surface area contributed by atoms with E-state index in [0.29, 0.717) is 0 Å². The number of aromatic nitrogens is 3. The summed E-state index contributed by atoms with van der Waals surface area (Å²) in [5, 5.41) is 6.16. The van der Waals surface area contributed by atoms with Crippen LogP contribution in [0, 0.1) is 0 Å². The second-order valence-corrected chi connectivity index (χ2v) is 4.78. The molecule has 80 valence electrons. The molecule has 6 heteroatoms. The number of aryl methyl sites for hydroxylation is 1. The molecule has 2 heterocycles. The molecule has 0 unspecified atom stereocenters. The van der Waals surface area contributed by atoms with E-state index in [1.54, 1.807) is 11.3 Å². The molecular formula is C9H11BrN4S. The summed E-state index contributed by atoms with van der Waals surface area (Å²) in [7, 11) is 2.00. The lowest BCUT2D eigenvalue weighted by atomic mass is 10.4. The van der Waals surface area contributed by atoms with Crippen molar-refractivity contribution in [2.45, 2.75) is 6.42 Å². The van der Waals surface area contributed by atoms with Gasteiger partial charge in [-0.15, -0.1) is 11.3 Å². The van der Waals surface area contributed by atoms with E-state index in [1.165, 1.54) is 0 Å². The zero-order chi connectivity index (χ0) is 10.7. The van der Waals surface area contributed by atoms with Crippen LogP contribution in [0.4, 0.5) is 5.13 Å². The van der Waals surface area contributed by atoms with Crippen LogP contribution in [-0.4, -0.2) is 21.1 Å². The van der Waals surface area contributed by atoms with E-state index >= 15 is 0 Å². The van der Waals surface area contributed by atoms with E-state index in [2.05, 4.69) is 31.2 Å². The summed E-state index contributed by atoms with van der Waals surface area (Å²) in [5.41, 5.74) is 0. The zero-order valence-corrected chi connectivity index (χ0v) is 10.7.